The third kappa shape index (κ3) is 4.71. The molecule has 3 aromatic carbocycles. The Bertz CT molecular complexity index is 1180. The monoisotopic (exact) mass is 459 g/mol. The molecule has 0 N–H and O–H groups in total. The summed E-state index contributed by atoms with van der Waals surface area (Å²) in [5, 5.41) is 0. The molecule has 6 heteroatoms. The van der Waals surface area contributed by atoms with Crippen molar-refractivity contribution in [1.82, 2.24) is 4.90 Å². The predicted octanol–water partition coefficient (Wildman–Crippen LogP) is 4.85. The zero-order valence-electron chi connectivity index (χ0n) is 20.0. The first-order valence-electron chi connectivity index (χ1n) is 11.1. The summed E-state index contributed by atoms with van der Waals surface area (Å²) in [4.78, 5) is 15.8. The van der Waals surface area contributed by atoms with Crippen molar-refractivity contribution in [2.24, 2.45) is 0 Å². The molecular weight excluding hydrogens is 430 g/mol. The minimum Gasteiger partial charge on any atom is -0.497 e. The Labute approximate surface area is 200 Å². The lowest BCUT2D eigenvalue weighted by Gasteiger charge is -2.22. The molecule has 0 radical (unpaired) electrons. The van der Waals surface area contributed by atoms with Crippen LogP contribution in [0.1, 0.15) is 22.3 Å². The molecule has 0 unspecified atom stereocenters. The number of carbonyl (C=O) groups excluding carboxylic acids is 1. The number of benzene rings is 3. The van der Waals surface area contributed by atoms with Crippen LogP contribution in [-0.4, -0.2) is 45.8 Å². The number of methoxy groups -OCH3 is 4. The SMILES string of the molecule is COc1ccc(/C=C2\C(=O)N(Cc3ccc(OC)cc3)CCc3ccc(OC)c(OC)c32)cc1. The van der Waals surface area contributed by atoms with E-state index in [-0.39, 0.29) is 5.91 Å². The van der Waals surface area contributed by atoms with Gasteiger partial charge in [0.2, 0.25) is 0 Å². The van der Waals surface area contributed by atoms with E-state index in [1.165, 1.54) is 0 Å². The Morgan fingerprint density at radius 2 is 1.44 bits per heavy atom. The summed E-state index contributed by atoms with van der Waals surface area (Å²) in [6.45, 7) is 1.09. The van der Waals surface area contributed by atoms with Gasteiger partial charge in [0.25, 0.3) is 5.91 Å². The van der Waals surface area contributed by atoms with Gasteiger partial charge in [-0.25, -0.2) is 0 Å². The van der Waals surface area contributed by atoms with Crippen molar-refractivity contribution in [3.63, 3.8) is 0 Å². The van der Waals surface area contributed by atoms with Crippen LogP contribution in [0.3, 0.4) is 0 Å². The van der Waals surface area contributed by atoms with Gasteiger partial charge < -0.3 is 23.8 Å². The topological polar surface area (TPSA) is 57.2 Å². The van der Waals surface area contributed by atoms with Gasteiger partial charge in [0.1, 0.15) is 11.5 Å². The molecular formula is C28H29NO5. The first kappa shape index (κ1) is 23.2. The lowest BCUT2D eigenvalue weighted by Crippen LogP contribution is -2.31. The predicted molar refractivity (Wildman–Crippen MR) is 133 cm³/mol. The maximum atomic E-state index is 13.9. The number of ether oxygens (including phenoxy) is 4. The van der Waals surface area contributed by atoms with E-state index in [4.69, 9.17) is 18.9 Å². The van der Waals surface area contributed by atoms with Crippen LogP contribution in [-0.2, 0) is 17.8 Å². The fourth-order valence-corrected chi connectivity index (χ4v) is 4.21. The molecule has 0 bridgehead atoms. The van der Waals surface area contributed by atoms with E-state index in [1.807, 2.05) is 71.6 Å². The average Bonchev–Trinajstić information content (AvgIpc) is 3.01. The maximum absolute atomic E-state index is 13.9. The number of hydrogen-bond acceptors (Lipinski definition) is 5. The zero-order valence-corrected chi connectivity index (χ0v) is 20.0. The number of fused-ring (bicyclic) bond motifs is 1. The Balaban J connectivity index is 1.80. The highest BCUT2D eigenvalue weighted by molar-refractivity contribution is 6.25. The van der Waals surface area contributed by atoms with Gasteiger partial charge in [-0.2, -0.15) is 0 Å². The summed E-state index contributed by atoms with van der Waals surface area (Å²) in [5.41, 5.74) is 4.32. The fraction of sp³-hybridized carbons (Fsp3) is 0.250. The van der Waals surface area contributed by atoms with E-state index in [0.717, 1.165) is 33.8 Å². The van der Waals surface area contributed by atoms with Gasteiger partial charge in [-0.1, -0.05) is 30.3 Å². The average molecular weight is 460 g/mol. The molecule has 34 heavy (non-hydrogen) atoms. The molecule has 0 saturated heterocycles. The third-order valence-corrected chi connectivity index (χ3v) is 6.03. The lowest BCUT2D eigenvalue weighted by atomic mass is 9.95. The second-order valence-electron chi connectivity index (χ2n) is 7.99. The lowest BCUT2D eigenvalue weighted by molar-refractivity contribution is -0.125. The Kier molecular flexibility index (Phi) is 7.07. The highest BCUT2D eigenvalue weighted by Crippen LogP contribution is 2.41. The molecule has 176 valence electrons. The van der Waals surface area contributed by atoms with Crippen molar-refractivity contribution in [3.05, 3.63) is 82.9 Å². The molecule has 0 aliphatic carbocycles. The quantitative estimate of drug-likeness (QED) is 0.473. The molecule has 1 heterocycles. The van der Waals surface area contributed by atoms with Gasteiger partial charge in [-0.15, -0.1) is 0 Å². The minimum absolute atomic E-state index is 0.0584. The van der Waals surface area contributed by atoms with Crippen molar-refractivity contribution >= 4 is 17.6 Å². The first-order chi connectivity index (χ1) is 16.6. The van der Waals surface area contributed by atoms with E-state index in [0.29, 0.717) is 36.6 Å². The smallest absolute Gasteiger partial charge is 0.254 e. The number of carbonyl (C=O) groups is 1. The molecule has 6 nitrogen and oxygen atoms in total. The highest BCUT2D eigenvalue weighted by Gasteiger charge is 2.30. The molecule has 0 atom stereocenters. The van der Waals surface area contributed by atoms with Crippen molar-refractivity contribution in [1.29, 1.82) is 0 Å². The van der Waals surface area contributed by atoms with Crippen molar-refractivity contribution in [2.75, 3.05) is 35.0 Å². The van der Waals surface area contributed by atoms with Gasteiger partial charge in [-0.3, -0.25) is 4.79 Å². The van der Waals surface area contributed by atoms with Crippen LogP contribution in [0.15, 0.2) is 60.7 Å². The minimum atomic E-state index is -0.0584. The number of rotatable bonds is 7. The van der Waals surface area contributed by atoms with E-state index < -0.39 is 0 Å². The van der Waals surface area contributed by atoms with Crippen LogP contribution in [0.5, 0.6) is 23.0 Å². The third-order valence-electron chi connectivity index (χ3n) is 6.03. The summed E-state index contributed by atoms with van der Waals surface area (Å²) in [5.74, 6) is 2.65. The van der Waals surface area contributed by atoms with Crippen molar-refractivity contribution in [3.8, 4) is 23.0 Å². The molecule has 1 amide bonds. The fourth-order valence-electron chi connectivity index (χ4n) is 4.21. The van der Waals surface area contributed by atoms with Crippen molar-refractivity contribution in [2.45, 2.75) is 13.0 Å². The molecule has 0 aromatic heterocycles. The molecule has 0 spiro atoms. The van der Waals surface area contributed by atoms with Crippen LogP contribution in [0.25, 0.3) is 11.6 Å². The number of amides is 1. The van der Waals surface area contributed by atoms with Crippen LogP contribution in [0.2, 0.25) is 0 Å². The van der Waals surface area contributed by atoms with Crippen molar-refractivity contribution < 1.29 is 23.7 Å². The molecule has 0 fully saturated rings. The largest absolute Gasteiger partial charge is 0.497 e. The van der Waals surface area contributed by atoms with E-state index in [1.54, 1.807) is 28.4 Å². The second-order valence-corrected chi connectivity index (χ2v) is 7.99. The van der Waals surface area contributed by atoms with Crippen LogP contribution in [0, 0.1) is 0 Å². The van der Waals surface area contributed by atoms with Crippen LogP contribution >= 0.6 is 0 Å². The number of hydrogen-bond donors (Lipinski definition) is 0. The number of nitrogens with zero attached hydrogens (tertiary/aromatic N) is 1. The van der Waals surface area contributed by atoms with Gasteiger partial charge >= 0.3 is 0 Å². The summed E-state index contributed by atoms with van der Waals surface area (Å²) in [6.07, 6.45) is 2.62. The molecule has 3 aromatic rings. The molecule has 4 rings (SSSR count). The highest BCUT2D eigenvalue weighted by atomic mass is 16.5. The van der Waals surface area contributed by atoms with Gasteiger partial charge in [0, 0.05) is 18.7 Å². The van der Waals surface area contributed by atoms with E-state index in [9.17, 15) is 4.79 Å². The summed E-state index contributed by atoms with van der Waals surface area (Å²) in [7, 11) is 6.48. The van der Waals surface area contributed by atoms with E-state index >= 15 is 0 Å². The van der Waals surface area contributed by atoms with Gasteiger partial charge in [-0.05, 0) is 59.5 Å². The Morgan fingerprint density at radius 1 is 0.794 bits per heavy atom. The summed E-state index contributed by atoms with van der Waals surface area (Å²) in [6, 6.07) is 19.3. The summed E-state index contributed by atoms with van der Waals surface area (Å²) < 4.78 is 21.8. The molecule has 1 aliphatic rings. The van der Waals surface area contributed by atoms with Crippen LogP contribution in [0.4, 0.5) is 0 Å². The van der Waals surface area contributed by atoms with E-state index in [2.05, 4.69) is 0 Å². The normalized spacial score (nSPS) is 14.4. The van der Waals surface area contributed by atoms with Gasteiger partial charge in [0.05, 0.1) is 34.0 Å². The Hall–Kier alpha value is -3.93. The second kappa shape index (κ2) is 10.3. The standard InChI is InChI=1S/C28H29NO5/c1-31-22-10-5-19(6-11-22)17-24-26-21(9-14-25(33-3)27(26)34-4)15-16-29(28(24)30)18-20-7-12-23(32-2)13-8-20/h5-14,17H,15-16,18H2,1-4H3/b24-17-. The van der Waals surface area contributed by atoms with Crippen LogP contribution < -0.4 is 18.9 Å². The Morgan fingerprint density at radius 3 is 2.03 bits per heavy atom. The summed E-state index contributed by atoms with van der Waals surface area (Å²) >= 11 is 0. The zero-order chi connectivity index (χ0) is 24.1. The molecule has 0 saturated carbocycles. The first-order valence-corrected chi connectivity index (χ1v) is 11.1. The maximum Gasteiger partial charge on any atom is 0.254 e. The van der Waals surface area contributed by atoms with Gasteiger partial charge in [0.15, 0.2) is 11.5 Å². The molecule has 1 aliphatic heterocycles.